The lowest BCUT2D eigenvalue weighted by Gasteiger charge is -2.08. The maximum absolute atomic E-state index is 10.5. The van der Waals surface area contributed by atoms with Gasteiger partial charge >= 0.3 is 0 Å². The summed E-state index contributed by atoms with van der Waals surface area (Å²) < 4.78 is 0. The summed E-state index contributed by atoms with van der Waals surface area (Å²) in [6, 6.07) is 1.50. The number of carbonyl (C=O) groups is 1. The minimum absolute atomic E-state index is 0.0257. The molecular weight excluding hydrogens is 178 g/mol. The van der Waals surface area contributed by atoms with Gasteiger partial charge < -0.3 is 9.90 Å². The number of hydrogen-bond donors (Lipinski definition) is 0. The number of carbonyl (C=O) groups excluding carboxylic acids is 1. The van der Waals surface area contributed by atoms with Gasteiger partial charge in [-0.25, -0.2) is 0 Å². The van der Waals surface area contributed by atoms with E-state index in [1.807, 2.05) is 0 Å². The molecule has 0 radical (unpaired) electrons. The average Bonchev–Trinajstić information content (AvgIpc) is 1.82. The molecule has 1 rings (SSSR count). The van der Waals surface area contributed by atoms with Gasteiger partial charge in [0.25, 0.3) is 0 Å². The lowest BCUT2D eigenvalue weighted by atomic mass is 10.2. The van der Waals surface area contributed by atoms with Crippen LogP contribution in [-0.4, -0.2) is 11.0 Å². The van der Waals surface area contributed by atoms with Gasteiger partial charge in [-0.05, 0) is 19.9 Å². The summed E-state index contributed by atoms with van der Waals surface area (Å²) in [4.78, 5) is 14.5. The first-order valence-corrected chi connectivity index (χ1v) is 3.75. The van der Waals surface area contributed by atoms with E-state index in [-0.39, 0.29) is 10.6 Å². The van der Waals surface area contributed by atoms with Gasteiger partial charge in [0.05, 0.1) is 11.0 Å². The molecule has 0 unspecified atom stereocenters. The number of hydrogen-bond acceptors (Lipinski definition) is 3. The fourth-order valence-corrected chi connectivity index (χ4v) is 1.40. The predicted octanol–water partition coefficient (Wildman–Crippen LogP) is 0.715. The zero-order valence-corrected chi connectivity index (χ0v) is 7.47. The summed E-state index contributed by atoms with van der Waals surface area (Å²) in [5, 5.41) is 10.7. The van der Waals surface area contributed by atoms with Gasteiger partial charge in [-0.2, -0.15) is 0 Å². The highest BCUT2D eigenvalue weighted by molar-refractivity contribution is 6.33. The van der Waals surface area contributed by atoms with Crippen LogP contribution in [0.1, 0.15) is 21.7 Å². The Morgan fingerprint density at radius 2 is 2.17 bits per heavy atom. The van der Waals surface area contributed by atoms with E-state index in [1.165, 1.54) is 6.07 Å². The highest BCUT2D eigenvalue weighted by atomic mass is 35.5. The van der Waals surface area contributed by atoms with Crippen molar-refractivity contribution in [1.29, 1.82) is 0 Å². The van der Waals surface area contributed by atoms with Crippen molar-refractivity contribution in [3.8, 4) is 0 Å². The van der Waals surface area contributed by atoms with Crippen molar-refractivity contribution in [3.63, 3.8) is 0 Å². The third-order valence-corrected chi connectivity index (χ3v) is 1.78. The lowest BCUT2D eigenvalue weighted by Crippen LogP contribution is -2.24. The zero-order chi connectivity index (χ0) is 9.30. The molecule has 0 spiro atoms. The SMILES string of the molecule is Cc1cc(Cl)c(C(=O)[O-])c(C)n1. The molecule has 0 bridgehead atoms. The average molecular weight is 185 g/mol. The van der Waals surface area contributed by atoms with Crippen LogP contribution in [0.5, 0.6) is 0 Å². The first kappa shape index (κ1) is 9.00. The molecule has 0 aliphatic rings. The highest BCUT2D eigenvalue weighted by Gasteiger charge is 2.06. The minimum atomic E-state index is -1.29. The monoisotopic (exact) mass is 184 g/mol. The molecule has 12 heavy (non-hydrogen) atoms. The van der Waals surface area contributed by atoms with Crippen molar-refractivity contribution >= 4 is 17.6 Å². The van der Waals surface area contributed by atoms with Crippen molar-refractivity contribution in [2.75, 3.05) is 0 Å². The second-order valence-corrected chi connectivity index (χ2v) is 2.90. The van der Waals surface area contributed by atoms with Gasteiger partial charge in [-0.1, -0.05) is 11.6 Å². The predicted molar refractivity (Wildman–Crippen MR) is 43.1 cm³/mol. The minimum Gasteiger partial charge on any atom is -0.545 e. The second kappa shape index (κ2) is 3.11. The first-order valence-electron chi connectivity index (χ1n) is 3.37. The largest absolute Gasteiger partial charge is 0.545 e. The Morgan fingerprint density at radius 1 is 1.58 bits per heavy atom. The van der Waals surface area contributed by atoms with E-state index in [1.54, 1.807) is 13.8 Å². The Morgan fingerprint density at radius 3 is 2.58 bits per heavy atom. The van der Waals surface area contributed by atoms with E-state index in [4.69, 9.17) is 11.6 Å². The topological polar surface area (TPSA) is 53.0 Å². The lowest BCUT2D eigenvalue weighted by molar-refractivity contribution is -0.255. The fraction of sp³-hybridized carbons (Fsp3) is 0.250. The van der Waals surface area contributed by atoms with Gasteiger partial charge in [-0.15, -0.1) is 0 Å². The molecule has 4 heteroatoms. The van der Waals surface area contributed by atoms with Crippen molar-refractivity contribution in [1.82, 2.24) is 4.98 Å². The van der Waals surface area contributed by atoms with Crippen LogP contribution in [0.3, 0.4) is 0 Å². The molecule has 0 saturated heterocycles. The summed E-state index contributed by atoms with van der Waals surface area (Å²) in [7, 11) is 0. The standard InChI is InChI=1S/C8H8ClNO2/c1-4-3-6(9)7(8(11)12)5(2)10-4/h3H,1-2H3,(H,11,12)/p-1. The van der Waals surface area contributed by atoms with Crippen molar-refractivity contribution in [2.24, 2.45) is 0 Å². The van der Waals surface area contributed by atoms with E-state index in [9.17, 15) is 9.90 Å². The molecule has 0 fully saturated rings. The molecule has 0 saturated carbocycles. The van der Waals surface area contributed by atoms with E-state index >= 15 is 0 Å². The van der Waals surface area contributed by atoms with Crippen LogP contribution < -0.4 is 5.11 Å². The van der Waals surface area contributed by atoms with Gasteiger partial charge in [0, 0.05) is 17.0 Å². The Bertz CT molecular complexity index is 313. The third-order valence-electron chi connectivity index (χ3n) is 1.48. The van der Waals surface area contributed by atoms with Gasteiger partial charge in [0.2, 0.25) is 0 Å². The Kier molecular flexibility index (Phi) is 2.33. The van der Waals surface area contributed by atoms with Crippen LogP contribution in [0, 0.1) is 13.8 Å². The van der Waals surface area contributed by atoms with E-state index in [0.717, 1.165) is 0 Å². The van der Waals surface area contributed by atoms with Crippen LogP contribution in [0.4, 0.5) is 0 Å². The number of aromatic carboxylic acids is 1. The number of pyridine rings is 1. The summed E-state index contributed by atoms with van der Waals surface area (Å²) >= 11 is 5.67. The van der Waals surface area contributed by atoms with E-state index < -0.39 is 5.97 Å². The molecule has 64 valence electrons. The number of carboxylic acid groups (broad SMARTS) is 1. The molecule has 3 nitrogen and oxygen atoms in total. The molecule has 0 aromatic carbocycles. The maximum atomic E-state index is 10.5. The number of nitrogens with zero attached hydrogens (tertiary/aromatic N) is 1. The number of rotatable bonds is 1. The van der Waals surface area contributed by atoms with Crippen molar-refractivity contribution in [3.05, 3.63) is 28.0 Å². The Balaban J connectivity index is 3.38. The quantitative estimate of drug-likeness (QED) is 0.646. The second-order valence-electron chi connectivity index (χ2n) is 2.49. The van der Waals surface area contributed by atoms with E-state index in [2.05, 4.69) is 4.98 Å². The number of halogens is 1. The maximum Gasteiger partial charge on any atom is 0.0748 e. The number of aryl methyl sites for hydroxylation is 2. The molecule has 0 aliphatic heterocycles. The van der Waals surface area contributed by atoms with Gasteiger partial charge in [0.15, 0.2) is 0 Å². The Hall–Kier alpha value is -1.09. The van der Waals surface area contributed by atoms with Crippen molar-refractivity contribution in [2.45, 2.75) is 13.8 Å². The zero-order valence-electron chi connectivity index (χ0n) is 6.72. The van der Waals surface area contributed by atoms with Crippen LogP contribution in [-0.2, 0) is 0 Å². The molecule has 0 atom stereocenters. The normalized spacial score (nSPS) is 9.92. The summed E-state index contributed by atoms with van der Waals surface area (Å²) in [5.74, 6) is -1.29. The molecule has 1 heterocycles. The van der Waals surface area contributed by atoms with Crippen LogP contribution in [0.2, 0.25) is 5.02 Å². The van der Waals surface area contributed by atoms with Crippen molar-refractivity contribution < 1.29 is 9.90 Å². The smallest absolute Gasteiger partial charge is 0.0748 e. The van der Waals surface area contributed by atoms with Gasteiger partial charge in [-0.3, -0.25) is 4.98 Å². The number of aromatic nitrogens is 1. The summed E-state index contributed by atoms with van der Waals surface area (Å²) in [6.45, 7) is 3.34. The summed E-state index contributed by atoms with van der Waals surface area (Å²) in [5.41, 5.74) is 1.06. The fourth-order valence-electron chi connectivity index (χ4n) is 1.03. The Labute approximate surface area is 75.0 Å². The first-order chi connectivity index (χ1) is 5.52. The van der Waals surface area contributed by atoms with E-state index in [0.29, 0.717) is 11.4 Å². The molecule has 0 amide bonds. The van der Waals surface area contributed by atoms with Crippen LogP contribution in [0.15, 0.2) is 6.07 Å². The molecular formula is C8H7ClNO2-. The number of carboxylic acids is 1. The molecule has 1 aromatic heterocycles. The molecule has 1 aromatic rings. The molecule has 0 aliphatic carbocycles. The third kappa shape index (κ3) is 1.56. The molecule has 0 N–H and O–H groups in total. The van der Waals surface area contributed by atoms with Gasteiger partial charge in [0.1, 0.15) is 0 Å². The summed E-state index contributed by atoms with van der Waals surface area (Å²) in [6.07, 6.45) is 0. The highest BCUT2D eigenvalue weighted by Crippen LogP contribution is 2.18. The van der Waals surface area contributed by atoms with Crippen LogP contribution >= 0.6 is 11.6 Å². The van der Waals surface area contributed by atoms with Crippen LogP contribution in [0.25, 0.3) is 0 Å².